The molecule has 95 heavy (non-hydrogen) atoms. The molecule has 17 rings (SSSR count). The standard InChI is InChI=1S/C88H65BN6/c1-87(2,3)63-49-69(59-28-15-9-16-29-59)86(70(50-63)60-30-17-10-18-31-60)95-81-48-62(58-26-13-8-14-27-58)40-43-73(81)89-74-44-41-65(92-75-34-21-19-32-66(75)67-33-20-22-35-76(67)92)53-82(74)94(83-51-64(88(4,5)6)52-84(95)85(83)89)78-37-23-36-77(72(78)55-91)93-79-45-38-56(54-90)46-71(79)68-42-39-61(47-80(68)93)57-24-11-7-12-25-57/h7-53H,1-6H3/i7D,8D,11D,12D,13D,14D,19D,20D,21D,22D,24D,25D,26D,27D,32D,33D,34D,35D,38D,39D,42D,45D,46D,47D. The normalized spacial score (nSPS) is 16.2. The average molecular weight is 1240 g/mol. The molecule has 0 saturated heterocycles. The number of hydrogen-bond acceptors (Lipinski definition) is 4. The molecule has 0 N–H and O–H groups in total. The van der Waals surface area contributed by atoms with Crippen molar-refractivity contribution < 1.29 is 32.9 Å². The summed E-state index contributed by atoms with van der Waals surface area (Å²) in [6, 6.07) is 30.7. The van der Waals surface area contributed by atoms with Gasteiger partial charge in [-0.15, -0.1) is 0 Å². The van der Waals surface area contributed by atoms with Crippen molar-refractivity contribution in [2.45, 2.75) is 52.4 Å². The van der Waals surface area contributed by atoms with Gasteiger partial charge in [-0.05, 0) is 163 Å². The minimum atomic E-state index is -0.964. The Morgan fingerprint density at radius 2 is 0.905 bits per heavy atom. The number of rotatable bonds is 8. The van der Waals surface area contributed by atoms with E-state index >= 15 is 0 Å². The number of nitrogens with zero attached hydrogens (tertiary/aromatic N) is 6. The summed E-state index contributed by atoms with van der Waals surface area (Å²) in [5.74, 6) is 0. The molecule has 6 nitrogen and oxygen atoms in total. The van der Waals surface area contributed by atoms with E-state index in [2.05, 4.69) is 49.9 Å². The molecule has 7 heteroatoms. The Morgan fingerprint density at radius 3 is 1.52 bits per heavy atom. The molecule has 0 atom stereocenters. The SMILES string of the molecule is [2H]c1c([2H])c([2H])c(-c2ccc3c(c2)N(c2c(-c4ccccc4)cc(C(C)(C)C)cc2-c2ccccc2)c2cc(C(C)(C)C)cc4c2B3c2ccc(-n3c5c([2H])c([2H])c([2H])c([2H])c5c5c([2H])c([2H])c([2H])c([2H])c53)cc2N4c2cccc(-n3c4c([2H])c([2H])c(C#N)c([2H])c4c4c([2H])c([2H])c(-c5c([2H])c([2H])c([2H])c([2H])c5[2H])c([2H])c43)c2C#N)c([2H])c1[2H]. The van der Waals surface area contributed by atoms with Crippen molar-refractivity contribution in [2.24, 2.45) is 0 Å². The van der Waals surface area contributed by atoms with Crippen LogP contribution in [0.3, 0.4) is 0 Å². The third kappa shape index (κ3) is 9.14. The first-order valence-corrected chi connectivity index (χ1v) is 30.8. The zero-order valence-electron chi connectivity index (χ0n) is 76.0. The van der Waals surface area contributed by atoms with E-state index in [9.17, 15) is 32.5 Å². The summed E-state index contributed by atoms with van der Waals surface area (Å²) in [5.41, 5.74) is 3.69. The van der Waals surface area contributed by atoms with Gasteiger partial charge in [0.2, 0.25) is 0 Å². The van der Waals surface area contributed by atoms with Crippen molar-refractivity contribution in [2.75, 3.05) is 9.80 Å². The Hall–Kier alpha value is -11.9. The lowest BCUT2D eigenvalue weighted by Gasteiger charge is -2.46. The molecule has 4 heterocycles. The quantitative estimate of drug-likeness (QED) is 0.142. The van der Waals surface area contributed by atoms with E-state index in [0.29, 0.717) is 44.7 Å². The predicted molar refractivity (Wildman–Crippen MR) is 398 cm³/mol. The zero-order chi connectivity index (χ0) is 85.3. The molecule has 0 radical (unpaired) electrons. The molecule has 0 aliphatic carbocycles. The Balaban J connectivity index is 1.08. The van der Waals surface area contributed by atoms with Crippen LogP contribution in [0.15, 0.2) is 285 Å². The molecule has 0 unspecified atom stereocenters. The fourth-order valence-electron chi connectivity index (χ4n) is 13.7. The van der Waals surface area contributed by atoms with Gasteiger partial charge in [-0.3, -0.25) is 0 Å². The predicted octanol–water partition coefficient (Wildman–Crippen LogP) is 21.0. The van der Waals surface area contributed by atoms with E-state index in [0.717, 1.165) is 27.8 Å². The monoisotopic (exact) mass is 1240 g/mol. The number of nitriles is 2. The number of anilines is 6. The highest BCUT2D eigenvalue weighted by Crippen LogP contribution is 2.54. The molecule has 2 aliphatic heterocycles. The third-order valence-corrected chi connectivity index (χ3v) is 18.1. The Morgan fingerprint density at radius 1 is 0.368 bits per heavy atom. The molecule has 2 aliphatic rings. The van der Waals surface area contributed by atoms with Crippen LogP contribution in [0, 0.1) is 22.7 Å². The molecular formula is C88H65BN6. The molecule has 0 spiro atoms. The van der Waals surface area contributed by atoms with Crippen molar-refractivity contribution in [1.82, 2.24) is 9.13 Å². The van der Waals surface area contributed by atoms with Gasteiger partial charge in [0, 0.05) is 61.1 Å². The highest BCUT2D eigenvalue weighted by molar-refractivity contribution is 7.00. The molecule has 0 fully saturated rings. The van der Waals surface area contributed by atoms with Gasteiger partial charge >= 0.3 is 0 Å². The fourth-order valence-corrected chi connectivity index (χ4v) is 13.7. The van der Waals surface area contributed by atoms with Crippen molar-refractivity contribution >= 4 is 101 Å². The molecule has 0 amide bonds. The van der Waals surface area contributed by atoms with Gasteiger partial charge in [-0.1, -0.05) is 235 Å². The van der Waals surface area contributed by atoms with E-state index in [1.165, 1.54) is 15.2 Å². The van der Waals surface area contributed by atoms with E-state index in [4.69, 9.17) is 11.0 Å². The summed E-state index contributed by atoms with van der Waals surface area (Å²) in [6.45, 7) is 11.4. The minimum absolute atomic E-state index is 0.00693. The van der Waals surface area contributed by atoms with Crippen molar-refractivity contribution in [3.05, 3.63) is 307 Å². The van der Waals surface area contributed by atoms with E-state index in [1.807, 2.05) is 106 Å². The van der Waals surface area contributed by atoms with Gasteiger partial charge in [0.25, 0.3) is 6.71 Å². The minimum Gasteiger partial charge on any atom is -0.310 e. The average Bonchev–Trinajstić information content (AvgIpc) is 1.34. The van der Waals surface area contributed by atoms with E-state index in [-0.39, 0.29) is 66.6 Å². The van der Waals surface area contributed by atoms with Crippen LogP contribution in [0.25, 0.3) is 99.5 Å². The maximum atomic E-state index is 12.7. The van der Waals surface area contributed by atoms with Crippen LogP contribution in [0.2, 0.25) is 0 Å². The third-order valence-electron chi connectivity index (χ3n) is 18.1. The lowest BCUT2D eigenvalue weighted by molar-refractivity contribution is 0.590. The second-order valence-electron chi connectivity index (χ2n) is 25.7. The second-order valence-corrected chi connectivity index (χ2v) is 25.7. The van der Waals surface area contributed by atoms with Gasteiger partial charge in [0.15, 0.2) is 0 Å². The number of fused-ring (bicyclic) bond motifs is 10. The van der Waals surface area contributed by atoms with Crippen LogP contribution in [0.5, 0.6) is 0 Å². The van der Waals surface area contributed by atoms with E-state index in [1.54, 1.807) is 41.3 Å². The number of para-hydroxylation sites is 2. The zero-order valence-corrected chi connectivity index (χ0v) is 52.0. The van der Waals surface area contributed by atoms with Gasteiger partial charge in [0.05, 0.1) is 83.7 Å². The summed E-state index contributed by atoms with van der Waals surface area (Å²) < 4.78 is 227. The van der Waals surface area contributed by atoms with Crippen LogP contribution in [0.1, 0.15) is 96.7 Å². The van der Waals surface area contributed by atoms with Crippen LogP contribution in [0.4, 0.5) is 34.1 Å². The topological polar surface area (TPSA) is 63.9 Å². The second kappa shape index (κ2) is 21.9. The first-order valence-electron chi connectivity index (χ1n) is 42.8. The summed E-state index contributed by atoms with van der Waals surface area (Å²) in [6.07, 6.45) is 0. The maximum absolute atomic E-state index is 12.7. The van der Waals surface area contributed by atoms with Gasteiger partial charge in [-0.2, -0.15) is 10.5 Å². The Bertz CT molecular complexity index is 7040. The smallest absolute Gasteiger partial charge is 0.252 e. The molecular weight excluding hydrogens is 1150 g/mol. The highest BCUT2D eigenvalue weighted by Gasteiger charge is 2.46. The maximum Gasteiger partial charge on any atom is 0.252 e. The first-order chi connectivity index (χ1) is 56.3. The summed E-state index contributed by atoms with van der Waals surface area (Å²) >= 11 is 0. The van der Waals surface area contributed by atoms with E-state index < -0.39 is 196 Å². The largest absolute Gasteiger partial charge is 0.310 e. The molecule has 0 saturated carbocycles. The number of benzene rings is 13. The lowest BCUT2D eigenvalue weighted by Crippen LogP contribution is -2.61. The molecule has 450 valence electrons. The van der Waals surface area contributed by atoms with Gasteiger partial charge in [0.1, 0.15) is 11.6 Å². The molecule has 0 bridgehead atoms. The van der Waals surface area contributed by atoms with Crippen molar-refractivity contribution in [1.29, 1.82) is 10.5 Å². The molecule has 15 aromatic rings. The van der Waals surface area contributed by atoms with Gasteiger partial charge < -0.3 is 18.9 Å². The molecule has 2 aromatic heterocycles. The molecule has 13 aromatic carbocycles. The van der Waals surface area contributed by atoms with Crippen molar-refractivity contribution in [3.8, 4) is 68.0 Å². The van der Waals surface area contributed by atoms with Crippen LogP contribution < -0.4 is 26.2 Å². The van der Waals surface area contributed by atoms with Crippen LogP contribution in [-0.2, 0) is 10.8 Å². The van der Waals surface area contributed by atoms with Gasteiger partial charge in [-0.25, -0.2) is 0 Å². The lowest BCUT2D eigenvalue weighted by atomic mass is 9.33. The van der Waals surface area contributed by atoms with Crippen LogP contribution in [-0.4, -0.2) is 15.8 Å². The first kappa shape index (κ1) is 37.0. The van der Waals surface area contributed by atoms with Crippen LogP contribution >= 0.6 is 0 Å². The summed E-state index contributed by atoms with van der Waals surface area (Å²) in [5, 5.41) is 22.2. The number of aromatic nitrogens is 2. The summed E-state index contributed by atoms with van der Waals surface area (Å²) in [7, 11) is 0. The Labute approximate surface area is 588 Å². The fraction of sp³-hybridized carbons (Fsp3) is 0.0909. The Kier molecular flexibility index (Phi) is 8.51. The number of hydrogen-bond donors (Lipinski definition) is 0. The summed E-state index contributed by atoms with van der Waals surface area (Å²) in [4.78, 5) is 3.93. The van der Waals surface area contributed by atoms with Crippen molar-refractivity contribution in [3.63, 3.8) is 0 Å². The highest BCUT2D eigenvalue weighted by atomic mass is 15.2.